The molecule has 0 unspecified atom stereocenters. The van der Waals surface area contributed by atoms with E-state index in [9.17, 15) is 19.1 Å². The van der Waals surface area contributed by atoms with Gasteiger partial charge in [0.2, 0.25) is 0 Å². The Morgan fingerprint density at radius 2 is 2.00 bits per heavy atom. The zero-order valence-electron chi connectivity index (χ0n) is 8.35. The molecule has 0 aromatic heterocycles. The number of carboxylic acids is 1. The number of rotatable bonds is 3. The first-order chi connectivity index (χ1) is 7.95. The predicted molar refractivity (Wildman–Crippen MR) is 54.4 cm³/mol. The lowest BCUT2D eigenvalue weighted by Gasteiger charge is -2.00. The highest BCUT2D eigenvalue weighted by atomic mass is 19.1. The standard InChI is InChI=1S/C11H6FNO4/c12-8-3-6(1-2-7(8)5-13)9(14)4-10(15)11(16)17/h1-4,14H,(H,16,17)/b9-4-. The third-order valence-electron chi connectivity index (χ3n) is 1.86. The average Bonchev–Trinajstić information content (AvgIpc) is 2.28. The number of carbonyl (C=O) groups excluding carboxylic acids is 1. The van der Waals surface area contributed by atoms with Crippen LogP contribution in [0.2, 0.25) is 0 Å². The minimum Gasteiger partial charge on any atom is -0.507 e. The fraction of sp³-hybridized carbons (Fsp3) is 0. The molecule has 0 saturated heterocycles. The molecule has 0 atom stereocenters. The van der Waals surface area contributed by atoms with Crippen LogP contribution in [0.5, 0.6) is 0 Å². The zero-order valence-corrected chi connectivity index (χ0v) is 8.35. The van der Waals surface area contributed by atoms with Crippen molar-refractivity contribution in [1.82, 2.24) is 0 Å². The lowest BCUT2D eigenvalue weighted by atomic mass is 10.1. The van der Waals surface area contributed by atoms with Crippen molar-refractivity contribution in [3.05, 3.63) is 41.2 Å². The number of halogens is 1. The first-order valence-electron chi connectivity index (χ1n) is 4.33. The first kappa shape index (κ1) is 12.4. The van der Waals surface area contributed by atoms with Gasteiger partial charge in [0.25, 0.3) is 5.78 Å². The van der Waals surface area contributed by atoms with Crippen molar-refractivity contribution >= 4 is 17.5 Å². The molecule has 0 aliphatic heterocycles. The Morgan fingerprint density at radius 1 is 1.35 bits per heavy atom. The number of carboxylic acid groups (broad SMARTS) is 1. The van der Waals surface area contributed by atoms with Crippen LogP contribution >= 0.6 is 0 Å². The quantitative estimate of drug-likeness (QED) is 0.466. The second kappa shape index (κ2) is 4.90. The molecule has 1 rings (SSSR count). The smallest absolute Gasteiger partial charge is 0.376 e. The molecule has 0 heterocycles. The zero-order chi connectivity index (χ0) is 13.0. The van der Waals surface area contributed by atoms with Gasteiger partial charge in [-0.25, -0.2) is 9.18 Å². The van der Waals surface area contributed by atoms with E-state index in [0.717, 1.165) is 12.1 Å². The van der Waals surface area contributed by atoms with E-state index in [2.05, 4.69) is 0 Å². The summed E-state index contributed by atoms with van der Waals surface area (Å²) in [6.07, 6.45) is 0.461. The van der Waals surface area contributed by atoms with Crippen molar-refractivity contribution in [2.75, 3.05) is 0 Å². The summed E-state index contributed by atoms with van der Waals surface area (Å²) < 4.78 is 13.1. The van der Waals surface area contributed by atoms with E-state index in [4.69, 9.17) is 10.4 Å². The van der Waals surface area contributed by atoms with Crippen LogP contribution in [0, 0.1) is 17.1 Å². The van der Waals surface area contributed by atoms with Gasteiger partial charge in [0.1, 0.15) is 17.6 Å². The summed E-state index contributed by atoms with van der Waals surface area (Å²) in [5.74, 6) is -4.61. The molecule has 0 fully saturated rings. The Balaban J connectivity index is 3.10. The van der Waals surface area contributed by atoms with Gasteiger partial charge in [0, 0.05) is 11.6 Å². The number of hydrogen-bond donors (Lipinski definition) is 2. The predicted octanol–water partition coefficient (Wildman–Crippen LogP) is 1.25. The average molecular weight is 235 g/mol. The number of aliphatic hydroxyl groups is 1. The minimum absolute atomic E-state index is 0.0869. The van der Waals surface area contributed by atoms with Crippen LogP contribution in [0.3, 0.4) is 0 Å². The number of aliphatic carboxylic acids is 1. The van der Waals surface area contributed by atoms with Crippen molar-refractivity contribution in [2.45, 2.75) is 0 Å². The molecule has 6 heteroatoms. The van der Waals surface area contributed by atoms with Gasteiger partial charge in [0.05, 0.1) is 5.56 Å². The topological polar surface area (TPSA) is 98.4 Å². The number of benzene rings is 1. The Labute approximate surface area is 95.0 Å². The minimum atomic E-state index is -1.73. The highest BCUT2D eigenvalue weighted by molar-refractivity contribution is 6.38. The molecule has 0 bridgehead atoms. The number of carbonyl (C=O) groups is 2. The van der Waals surface area contributed by atoms with E-state index in [0.29, 0.717) is 6.08 Å². The Bertz CT molecular complexity index is 557. The van der Waals surface area contributed by atoms with Crippen molar-refractivity contribution < 1.29 is 24.2 Å². The Morgan fingerprint density at radius 3 is 2.47 bits per heavy atom. The molecule has 0 saturated carbocycles. The molecule has 1 aromatic rings. The maximum atomic E-state index is 13.1. The van der Waals surface area contributed by atoms with E-state index in [1.165, 1.54) is 6.07 Å². The molecule has 0 amide bonds. The van der Waals surface area contributed by atoms with E-state index in [1.807, 2.05) is 0 Å². The number of nitrogens with zero attached hydrogens (tertiary/aromatic N) is 1. The van der Waals surface area contributed by atoms with E-state index in [-0.39, 0.29) is 11.1 Å². The van der Waals surface area contributed by atoms with E-state index in [1.54, 1.807) is 6.07 Å². The fourth-order valence-corrected chi connectivity index (χ4v) is 1.03. The van der Waals surface area contributed by atoms with Gasteiger partial charge in [-0.1, -0.05) is 0 Å². The largest absolute Gasteiger partial charge is 0.507 e. The molecule has 5 nitrogen and oxygen atoms in total. The van der Waals surface area contributed by atoms with Gasteiger partial charge in [-0.15, -0.1) is 0 Å². The third-order valence-corrected chi connectivity index (χ3v) is 1.86. The molecular weight excluding hydrogens is 229 g/mol. The Kier molecular flexibility index (Phi) is 3.57. The molecular formula is C11H6FNO4. The summed E-state index contributed by atoms with van der Waals surface area (Å²) in [6, 6.07) is 4.72. The molecule has 1 aromatic carbocycles. The van der Waals surface area contributed by atoms with Crippen LogP contribution in [0.25, 0.3) is 5.76 Å². The second-order valence-corrected chi connectivity index (χ2v) is 3.01. The SMILES string of the molecule is N#Cc1ccc(/C(O)=C/C(=O)C(=O)O)cc1F. The highest BCUT2D eigenvalue weighted by Crippen LogP contribution is 2.15. The van der Waals surface area contributed by atoms with E-state index >= 15 is 0 Å². The second-order valence-electron chi connectivity index (χ2n) is 3.01. The van der Waals surface area contributed by atoms with Gasteiger partial charge in [0.15, 0.2) is 0 Å². The normalized spacial score (nSPS) is 10.7. The van der Waals surface area contributed by atoms with Crippen LogP contribution in [0.15, 0.2) is 24.3 Å². The van der Waals surface area contributed by atoms with Gasteiger partial charge in [-0.3, -0.25) is 4.79 Å². The van der Waals surface area contributed by atoms with Crippen molar-refractivity contribution in [1.29, 1.82) is 5.26 Å². The number of aliphatic hydroxyl groups excluding tert-OH is 1. The Hall–Kier alpha value is -2.68. The number of hydrogen-bond acceptors (Lipinski definition) is 4. The van der Waals surface area contributed by atoms with E-state index < -0.39 is 23.3 Å². The molecule has 0 aliphatic carbocycles. The maximum Gasteiger partial charge on any atom is 0.376 e. The van der Waals surface area contributed by atoms with Crippen LogP contribution in [0.4, 0.5) is 4.39 Å². The van der Waals surface area contributed by atoms with Gasteiger partial charge in [-0.05, 0) is 18.2 Å². The summed E-state index contributed by atoms with van der Waals surface area (Å²) in [5, 5.41) is 26.1. The van der Waals surface area contributed by atoms with Crippen LogP contribution < -0.4 is 0 Å². The molecule has 17 heavy (non-hydrogen) atoms. The summed E-state index contributed by atoms with van der Waals surface area (Å²) in [5.41, 5.74) is -0.304. The maximum absolute atomic E-state index is 13.1. The third kappa shape index (κ3) is 2.89. The van der Waals surface area contributed by atoms with Crippen molar-refractivity contribution in [3.8, 4) is 6.07 Å². The highest BCUT2D eigenvalue weighted by Gasteiger charge is 2.11. The van der Waals surface area contributed by atoms with Crippen LogP contribution in [-0.4, -0.2) is 22.0 Å². The molecule has 0 radical (unpaired) electrons. The van der Waals surface area contributed by atoms with Gasteiger partial charge >= 0.3 is 5.97 Å². The van der Waals surface area contributed by atoms with Gasteiger partial charge < -0.3 is 10.2 Å². The van der Waals surface area contributed by atoms with Crippen LogP contribution in [0.1, 0.15) is 11.1 Å². The molecule has 0 aliphatic rings. The first-order valence-corrected chi connectivity index (χ1v) is 4.33. The summed E-state index contributed by atoms with van der Waals surface area (Å²) >= 11 is 0. The number of nitriles is 1. The van der Waals surface area contributed by atoms with Gasteiger partial charge in [-0.2, -0.15) is 5.26 Å². The van der Waals surface area contributed by atoms with Crippen molar-refractivity contribution in [3.63, 3.8) is 0 Å². The molecule has 2 N–H and O–H groups in total. The summed E-state index contributed by atoms with van der Waals surface area (Å²) in [7, 11) is 0. The van der Waals surface area contributed by atoms with Crippen molar-refractivity contribution in [2.24, 2.45) is 0 Å². The fourth-order valence-electron chi connectivity index (χ4n) is 1.03. The lowest BCUT2D eigenvalue weighted by molar-refractivity contribution is -0.146. The molecule has 86 valence electrons. The molecule has 0 spiro atoms. The van der Waals surface area contributed by atoms with Crippen LogP contribution in [-0.2, 0) is 9.59 Å². The monoisotopic (exact) mass is 235 g/mol. The summed E-state index contributed by atoms with van der Waals surface area (Å²) in [6.45, 7) is 0. The summed E-state index contributed by atoms with van der Waals surface area (Å²) in [4.78, 5) is 21.0. The number of ketones is 1. The lowest BCUT2D eigenvalue weighted by Crippen LogP contribution is -2.09.